The van der Waals surface area contributed by atoms with E-state index in [2.05, 4.69) is 24.3 Å². The molecule has 0 aliphatic heterocycles. The number of hydrogen-bond acceptors (Lipinski definition) is 3. The van der Waals surface area contributed by atoms with Gasteiger partial charge >= 0.3 is 0 Å². The second kappa shape index (κ2) is 7.77. The van der Waals surface area contributed by atoms with Gasteiger partial charge in [-0.25, -0.2) is 0 Å². The summed E-state index contributed by atoms with van der Waals surface area (Å²) < 4.78 is 1.96. The maximum Gasteiger partial charge on any atom is 0.0928 e. The van der Waals surface area contributed by atoms with Crippen molar-refractivity contribution in [1.82, 2.24) is 15.1 Å². The topological polar surface area (TPSA) is 50.1 Å². The molecule has 2 N–H and O–H groups in total. The number of aromatic nitrogens is 2. The Bertz CT molecular complexity index is 624. The molecular formula is C17H24ClN3O. The lowest BCUT2D eigenvalue weighted by Gasteiger charge is -2.14. The van der Waals surface area contributed by atoms with Crippen LogP contribution in [0.1, 0.15) is 42.5 Å². The first-order chi connectivity index (χ1) is 10.6. The molecule has 0 amide bonds. The Kier molecular flexibility index (Phi) is 6.00. The predicted octanol–water partition coefficient (Wildman–Crippen LogP) is 3.02. The molecule has 0 bridgehead atoms. The van der Waals surface area contributed by atoms with Crippen LogP contribution < -0.4 is 5.32 Å². The zero-order valence-electron chi connectivity index (χ0n) is 13.4. The minimum absolute atomic E-state index is 0.463. The zero-order valence-corrected chi connectivity index (χ0v) is 14.2. The minimum Gasteiger partial charge on any atom is -0.387 e. The third-order valence-corrected chi connectivity index (χ3v) is 4.28. The Morgan fingerprint density at radius 2 is 2.00 bits per heavy atom. The third kappa shape index (κ3) is 3.69. The molecule has 2 rings (SSSR count). The van der Waals surface area contributed by atoms with Crippen molar-refractivity contribution in [3.63, 3.8) is 0 Å². The van der Waals surface area contributed by atoms with Crippen LogP contribution in [0.5, 0.6) is 0 Å². The van der Waals surface area contributed by atoms with Crippen molar-refractivity contribution >= 4 is 11.6 Å². The molecule has 0 aliphatic carbocycles. The Morgan fingerprint density at radius 3 is 2.64 bits per heavy atom. The molecular weight excluding hydrogens is 298 g/mol. The minimum atomic E-state index is -0.611. The molecule has 0 saturated carbocycles. The summed E-state index contributed by atoms with van der Waals surface area (Å²) in [6, 6.07) is 7.40. The molecule has 1 aromatic carbocycles. The fraction of sp³-hybridized carbons (Fsp3) is 0.471. The van der Waals surface area contributed by atoms with Crippen molar-refractivity contribution in [2.45, 2.75) is 39.3 Å². The van der Waals surface area contributed by atoms with Gasteiger partial charge in [-0.15, -0.1) is 0 Å². The SMILES string of the molecule is CCc1nn(C)c(CC)c1CNCC(O)c1ccccc1Cl. The zero-order chi connectivity index (χ0) is 16.1. The van der Waals surface area contributed by atoms with Crippen LogP contribution in [0.4, 0.5) is 0 Å². The number of aryl methyl sites for hydroxylation is 2. The number of nitrogens with one attached hydrogen (secondary N) is 1. The van der Waals surface area contributed by atoms with Gasteiger partial charge in [0.05, 0.1) is 11.8 Å². The quantitative estimate of drug-likeness (QED) is 0.824. The molecule has 1 aromatic heterocycles. The van der Waals surface area contributed by atoms with E-state index in [9.17, 15) is 5.11 Å². The average Bonchev–Trinajstić information content (AvgIpc) is 2.82. The lowest BCUT2D eigenvalue weighted by atomic mass is 10.1. The van der Waals surface area contributed by atoms with Gasteiger partial charge in [-0.05, 0) is 18.9 Å². The van der Waals surface area contributed by atoms with Gasteiger partial charge in [-0.3, -0.25) is 4.68 Å². The van der Waals surface area contributed by atoms with Crippen LogP contribution >= 0.6 is 11.6 Å². The second-order valence-electron chi connectivity index (χ2n) is 5.37. The van der Waals surface area contributed by atoms with E-state index in [1.807, 2.05) is 29.9 Å². The molecule has 2 aromatic rings. The first-order valence-electron chi connectivity index (χ1n) is 7.75. The van der Waals surface area contributed by atoms with Gasteiger partial charge in [-0.1, -0.05) is 43.6 Å². The molecule has 0 aliphatic rings. The highest BCUT2D eigenvalue weighted by atomic mass is 35.5. The van der Waals surface area contributed by atoms with E-state index in [0.29, 0.717) is 18.1 Å². The van der Waals surface area contributed by atoms with Crippen molar-refractivity contribution in [3.8, 4) is 0 Å². The molecule has 1 atom stereocenters. The molecule has 22 heavy (non-hydrogen) atoms. The van der Waals surface area contributed by atoms with Gasteiger partial charge in [0.1, 0.15) is 0 Å². The van der Waals surface area contributed by atoms with Crippen LogP contribution in [-0.2, 0) is 26.4 Å². The van der Waals surface area contributed by atoms with Crippen molar-refractivity contribution in [2.24, 2.45) is 7.05 Å². The van der Waals surface area contributed by atoms with E-state index in [1.54, 1.807) is 6.07 Å². The molecule has 1 heterocycles. The number of halogens is 1. The standard InChI is InChI=1S/C17H24ClN3O/c1-4-15-13(16(5-2)21(3)20-15)10-19-11-17(22)12-8-6-7-9-14(12)18/h6-9,17,19,22H,4-5,10-11H2,1-3H3. The number of aliphatic hydroxyl groups is 1. The van der Waals surface area contributed by atoms with E-state index >= 15 is 0 Å². The summed E-state index contributed by atoms with van der Waals surface area (Å²) in [5.74, 6) is 0. The van der Waals surface area contributed by atoms with Crippen LogP contribution in [0.15, 0.2) is 24.3 Å². The maximum absolute atomic E-state index is 10.3. The van der Waals surface area contributed by atoms with Gasteiger partial charge in [0.2, 0.25) is 0 Å². The van der Waals surface area contributed by atoms with Crippen LogP contribution in [0.25, 0.3) is 0 Å². The number of rotatable bonds is 7. The van der Waals surface area contributed by atoms with Crippen LogP contribution in [0.3, 0.4) is 0 Å². The molecule has 0 spiro atoms. The Balaban J connectivity index is 2.01. The first-order valence-corrected chi connectivity index (χ1v) is 8.13. The van der Waals surface area contributed by atoms with Crippen LogP contribution in [-0.4, -0.2) is 21.4 Å². The summed E-state index contributed by atoms with van der Waals surface area (Å²) in [4.78, 5) is 0. The van der Waals surface area contributed by atoms with Gasteiger partial charge < -0.3 is 10.4 Å². The third-order valence-electron chi connectivity index (χ3n) is 3.93. The molecule has 5 heteroatoms. The number of aliphatic hydroxyl groups excluding tert-OH is 1. The first kappa shape index (κ1) is 17.0. The summed E-state index contributed by atoms with van der Waals surface area (Å²) >= 11 is 6.11. The smallest absolute Gasteiger partial charge is 0.0928 e. The number of nitrogens with zero attached hydrogens (tertiary/aromatic N) is 2. The molecule has 4 nitrogen and oxygen atoms in total. The highest BCUT2D eigenvalue weighted by Crippen LogP contribution is 2.22. The highest BCUT2D eigenvalue weighted by Gasteiger charge is 2.15. The predicted molar refractivity (Wildman–Crippen MR) is 90.1 cm³/mol. The molecule has 120 valence electrons. The van der Waals surface area contributed by atoms with Crippen molar-refractivity contribution in [1.29, 1.82) is 0 Å². The average molecular weight is 322 g/mol. The molecule has 0 saturated heterocycles. The molecule has 0 radical (unpaired) electrons. The fourth-order valence-corrected chi connectivity index (χ4v) is 3.04. The lowest BCUT2D eigenvalue weighted by Crippen LogP contribution is -2.22. The summed E-state index contributed by atoms with van der Waals surface area (Å²) in [6.45, 7) is 5.43. The van der Waals surface area contributed by atoms with E-state index in [1.165, 1.54) is 11.3 Å². The normalized spacial score (nSPS) is 12.6. The van der Waals surface area contributed by atoms with E-state index in [0.717, 1.165) is 24.1 Å². The van der Waals surface area contributed by atoms with E-state index in [4.69, 9.17) is 11.6 Å². The highest BCUT2D eigenvalue weighted by molar-refractivity contribution is 6.31. The maximum atomic E-state index is 10.3. The number of benzene rings is 1. The van der Waals surface area contributed by atoms with E-state index in [-0.39, 0.29) is 0 Å². The van der Waals surface area contributed by atoms with Crippen LogP contribution in [0, 0.1) is 0 Å². The monoisotopic (exact) mass is 321 g/mol. The Labute approximate surface area is 137 Å². The lowest BCUT2D eigenvalue weighted by molar-refractivity contribution is 0.174. The number of hydrogen-bond donors (Lipinski definition) is 2. The summed E-state index contributed by atoms with van der Waals surface area (Å²) in [6.07, 6.45) is 1.26. The van der Waals surface area contributed by atoms with E-state index < -0.39 is 6.10 Å². The second-order valence-corrected chi connectivity index (χ2v) is 5.78. The van der Waals surface area contributed by atoms with Crippen LogP contribution in [0.2, 0.25) is 5.02 Å². The van der Waals surface area contributed by atoms with Crippen molar-refractivity contribution in [3.05, 3.63) is 51.8 Å². The Hall–Kier alpha value is -1.36. The van der Waals surface area contributed by atoms with Gasteiger partial charge in [0.15, 0.2) is 0 Å². The molecule has 1 unspecified atom stereocenters. The summed E-state index contributed by atoms with van der Waals surface area (Å²) in [5.41, 5.74) is 4.38. The summed E-state index contributed by atoms with van der Waals surface area (Å²) in [7, 11) is 1.99. The molecule has 0 fully saturated rings. The Morgan fingerprint density at radius 1 is 1.27 bits per heavy atom. The fourth-order valence-electron chi connectivity index (χ4n) is 2.78. The largest absolute Gasteiger partial charge is 0.387 e. The summed E-state index contributed by atoms with van der Waals surface area (Å²) in [5, 5.41) is 18.8. The van der Waals surface area contributed by atoms with Gasteiger partial charge in [0.25, 0.3) is 0 Å². The van der Waals surface area contributed by atoms with Crippen molar-refractivity contribution < 1.29 is 5.11 Å². The van der Waals surface area contributed by atoms with Gasteiger partial charge in [-0.2, -0.15) is 5.10 Å². The van der Waals surface area contributed by atoms with Gasteiger partial charge in [0, 0.05) is 42.0 Å². The van der Waals surface area contributed by atoms with Crippen molar-refractivity contribution in [2.75, 3.05) is 6.54 Å².